The molecule has 0 aliphatic carbocycles. The fraction of sp³-hybridized carbons (Fsp3) is 0.778. The van der Waals surface area contributed by atoms with Crippen LogP contribution in [0.2, 0.25) is 0 Å². The molecule has 0 spiro atoms. The first-order valence-electron chi connectivity index (χ1n) is 9.10. The van der Waals surface area contributed by atoms with Gasteiger partial charge >= 0.3 is 0 Å². The molecule has 3 rings (SSSR count). The van der Waals surface area contributed by atoms with E-state index in [9.17, 15) is 4.79 Å². The van der Waals surface area contributed by atoms with Crippen LogP contribution in [0.5, 0.6) is 0 Å². The normalized spacial score (nSPS) is 29.5. The summed E-state index contributed by atoms with van der Waals surface area (Å²) in [6.07, 6.45) is 4.16. The van der Waals surface area contributed by atoms with Gasteiger partial charge in [-0.05, 0) is 26.1 Å². The van der Waals surface area contributed by atoms with Crippen LogP contribution >= 0.6 is 0 Å². The summed E-state index contributed by atoms with van der Waals surface area (Å²) in [6, 6.07) is 0. The van der Waals surface area contributed by atoms with E-state index in [0.717, 1.165) is 12.0 Å². The van der Waals surface area contributed by atoms with E-state index in [0.29, 0.717) is 39.5 Å². The zero-order valence-electron chi connectivity index (χ0n) is 16.2. The van der Waals surface area contributed by atoms with Gasteiger partial charge in [-0.2, -0.15) is 5.10 Å². The molecule has 0 aromatic carbocycles. The number of likely N-dealkylation sites (N-methyl/N-ethyl adjacent to an activating group) is 1. The van der Waals surface area contributed by atoms with Crippen LogP contribution in [-0.4, -0.2) is 97.9 Å². The third-order valence-corrected chi connectivity index (χ3v) is 5.18. The second-order valence-corrected chi connectivity index (χ2v) is 7.57. The van der Waals surface area contributed by atoms with E-state index in [1.165, 1.54) is 0 Å². The van der Waals surface area contributed by atoms with Crippen LogP contribution < -0.4 is 0 Å². The molecule has 3 atom stereocenters. The van der Waals surface area contributed by atoms with Crippen molar-refractivity contribution in [1.82, 2.24) is 19.6 Å². The van der Waals surface area contributed by atoms with E-state index >= 15 is 0 Å². The first-order chi connectivity index (χ1) is 12.5. The van der Waals surface area contributed by atoms with Crippen LogP contribution in [0, 0.1) is 0 Å². The summed E-state index contributed by atoms with van der Waals surface area (Å²) in [5.41, 5.74) is 0.556. The number of nitrogens with zero attached hydrogens (tertiary/aromatic N) is 4. The molecule has 0 radical (unpaired) electrons. The van der Waals surface area contributed by atoms with E-state index in [1.54, 1.807) is 11.8 Å². The zero-order valence-corrected chi connectivity index (χ0v) is 16.2. The summed E-state index contributed by atoms with van der Waals surface area (Å²) in [6.45, 7) is 3.25. The minimum atomic E-state index is -0.501. The Bertz CT molecular complexity index is 616. The quantitative estimate of drug-likeness (QED) is 0.711. The lowest BCUT2D eigenvalue weighted by Gasteiger charge is -2.48. The van der Waals surface area contributed by atoms with Crippen molar-refractivity contribution in [3.05, 3.63) is 18.0 Å². The number of aromatic nitrogens is 2. The maximum absolute atomic E-state index is 13.5. The summed E-state index contributed by atoms with van der Waals surface area (Å²) >= 11 is 0. The lowest BCUT2D eigenvalue weighted by Crippen LogP contribution is -2.67. The predicted octanol–water partition coefficient (Wildman–Crippen LogP) is 0.0982. The van der Waals surface area contributed by atoms with Gasteiger partial charge in [0.25, 0.3) is 5.91 Å². The minimum Gasteiger partial charge on any atom is -0.382 e. The Balaban J connectivity index is 1.85. The molecule has 8 heteroatoms. The molecule has 2 saturated heterocycles. The minimum absolute atomic E-state index is 0.0264. The fourth-order valence-electron chi connectivity index (χ4n) is 4.19. The molecular weight excluding hydrogens is 336 g/mol. The SMILES string of the molecule is COCC1(CN(C)C)COCCN1C(=O)[C@@H]1OCC[C@@H]1c1cnn(C)c1. The van der Waals surface area contributed by atoms with Crippen molar-refractivity contribution >= 4 is 5.91 Å². The smallest absolute Gasteiger partial charge is 0.253 e. The summed E-state index contributed by atoms with van der Waals surface area (Å²) in [5.74, 6) is 0.0669. The molecule has 2 fully saturated rings. The lowest BCUT2D eigenvalue weighted by molar-refractivity contribution is -0.166. The highest BCUT2D eigenvalue weighted by molar-refractivity contribution is 5.83. The Kier molecular flexibility index (Phi) is 5.96. The monoisotopic (exact) mass is 366 g/mol. The molecular formula is C18H30N4O4. The van der Waals surface area contributed by atoms with Crippen LogP contribution in [0.1, 0.15) is 17.9 Å². The van der Waals surface area contributed by atoms with E-state index in [-0.39, 0.29) is 11.8 Å². The highest BCUT2D eigenvalue weighted by Crippen LogP contribution is 2.34. The molecule has 8 nitrogen and oxygen atoms in total. The number of rotatable bonds is 6. The summed E-state index contributed by atoms with van der Waals surface area (Å²) in [5, 5.41) is 4.25. The van der Waals surface area contributed by atoms with Crippen LogP contribution in [0.25, 0.3) is 0 Å². The summed E-state index contributed by atoms with van der Waals surface area (Å²) < 4.78 is 18.9. The van der Waals surface area contributed by atoms with Crippen LogP contribution in [0.3, 0.4) is 0 Å². The van der Waals surface area contributed by atoms with Gasteiger partial charge in [0.1, 0.15) is 11.6 Å². The number of carbonyl (C=O) groups excluding carboxylic acids is 1. The Hall–Kier alpha value is -1.48. The fourth-order valence-corrected chi connectivity index (χ4v) is 4.19. The summed E-state index contributed by atoms with van der Waals surface area (Å²) in [4.78, 5) is 17.5. The van der Waals surface area contributed by atoms with Gasteiger partial charge in [-0.1, -0.05) is 0 Å². The van der Waals surface area contributed by atoms with Crippen molar-refractivity contribution in [2.24, 2.45) is 7.05 Å². The Morgan fingerprint density at radius 3 is 2.92 bits per heavy atom. The van der Waals surface area contributed by atoms with Crippen LogP contribution in [0.15, 0.2) is 12.4 Å². The van der Waals surface area contributed by atoms with Gasteiger partial charge in [-0.15, -0.1) is 0 Å². The van der Waals surface area contributed by atoms with Gasteiger partial charge in [0.15, 0.2) is 0 Å². The van der Waals surface area contributed by atoms with E-state index in [1.807, 2.05) is 38.4 Å². The van der Waals surface area contributed by atoms with Crippen molar-refractivity contribution in [2.75, 3.05) is 60.7 Å². The standard InChI is InChI=1S/C18H30N4O4/c1-20(2)11-18(12-24-4)13-25-8-6-22(18)17(23)16-15(5-7-26-16)14-9-19-21(3)10-14/h9-10,15-16H,5-8,11-13H2,1-4H3/t15-,16-,18?/m1/s1. The predicted molar refractivity (Wildman–Crippen MR) is 96.0 cm³/mol. The third-order valence-electron chi connectivity index (χ3n) is 5.18. The molecule has 1 aromatic heterocycles. The maximum Gasteiger partial charge on any atom is 0.253 e. The maximum atomic E-state index is 13.5. The van der Waals surface area contributed by atoms with Crippen LogP contribution in [0.4, 0.5) is 0 Å². The average molecular weight is 366 g/mol. The highest BCUT2D eigenvalue weighted by atomic mass is 16.5. The topological polar surface area (TPSA) is 69.1 Å². The van der Waals surface area contributed by atoms with Crippen molar-refractivity contribution in [2.45, 2.75) is 24.0 Å². The van der Waals surface area contributed by atoms with Crippen molar-refractivity contribution < 1.29 is 19.0 Å². The first kappa shape index (κ1) is 19.3. The Morgan fingerprint density at radius 2 is 2.27 bits per heavy atom. The number of carbonyl (C=O) groups is 1. The number of hydrogen-bond donors (Lipinski definition) is 0. The van der Waals surface area contributed by atoms with Crippen molar-refractivity contribution in [1.29, 1.82) is 0 Å². The number of hydrogen-bond acceptors (Lipinski definition) is 6. The van der Waals surface area contributed by atoms with E-state index in [4.69, 9.17) is 14.2 Å². The van der Waals surface area contributed by atoms with Gasteiger partial charge in [-0.25, -0.2) is 0 Å². The Labute approximate surface area is 155 Å². The molecule has 1 unspecified atom stereocenters. The van der Waals surface area contributed by atoms with Crippen molar-refractivity contribution in [3.8, 4) is 0 Å². The molecule has 3 heterocycles. The molecule has 1 amide bonds. The number of ether oxygens (including phenoxy) is 3. The number of morpholine rings is 1. The molecule has 2 aliphatic rings. The lowest BCUT2D eigenvalue weighted by atomic mass is 9.91. The molecule has 26 heavy (non-hydrogen) atoms. The largest absolute Gasteiger partial charge is 0.382 e. The zero-order chi connectivity index (χ0) is 18.7. The second kappa shape index (κ2) is 8.04. The van der Waals surface area contributed by atoms with Gasteiger partial charge in [0.05, 0.1) is 26.0 Å². The van der Waals surface area contributed by atoms with Gasteiger partial charge in [-0.3, -0.25) is 9.48 Å². The average Bonchev–Trinajstić information content (AvgIpc) is 3.22. The molecule has 0 saturated carbocycles. The number of methoxy groups -OCH3 is 1. The molecule has 0 N–H and O–H groups in total. The number of amides is 1. The number of aryl methyl sites for hydroxylation is 1. The van der Waals surface area contributed by atoms with E-state index in [2.05, 4.69) is 10.00 Å². The first-order valence-corrected chi connectivity index (χ1v) is 9.10. The summed E-state index contributed by atoms with van der Waals surface area (Å²) in [7, 11) is 7.55. The molecule has 146 valence electrons. The molecule has 2 aliphatic heterocycles. The van der Waals surface area contributed by atoms with Gasteiger partial charge in [0.2, 0.25) is 0 Å². The van der Waals surface area contributed by atoms with E-state index < -0.39 is 11.6 Å². The van der Waals surface area contributed by atoms with Crippen molar-refractivity contribution in [3.63, 3.8) is 0 Å². The molecule has 0 bridgehead atoms. The Morgan fingerprint density at radius 1 is 1.46 bits per heavy atom. The van der Waals surface area contributed by atoms with Crippen LogP contribution in [-0.2, 0) is 26.1 Å². The third kappa shape index (κ3) is 3.78. The van der Waals surface area contributed by atoms with Gasteiger partial charge in [0, 0.05) is 46.0 Å². The highest BCUT2D eigenvalue weighted by Gasteiger charge is 2.48. The van der Waals surface area contributed by atoms with Gasteiger partial charge < -0.3 is 24.0 Å². The molecule has 1 aromatic rings. The second-order valence-electron chi connectivity index (χ2n) is 7.57.